The number of hydrogen-bond acceptors (Lipinski definition) is 8. The summed E-state index contributed by atoms with van der Waals surface area (Å²) in [5.41, 5.74) is 1.41. The van der Waals surface area contributed by atoms with Crippen LogP contribution in [0.4, 0.5) is 0 Å². The van der Waals surface area contributed by atoms with E-state index in [-0.39, 0.29) is 12.7 Å². The summed E-state index contributed by atoms with van der Waals surface area (Å²) in [4.78, 5) is 43.0. The van der Waals surface area contributed by atoms with E-state index in [1.54, 1.807) is 31.4 Å². The lowest BCUT2D eigenvalue weighted by Crippen LogP contribution is -2.62. The molecule has 236 valence electrons. The molecule has 2 aromatic rings. The van der Waals surface area contributed by atoms with Crippen LogP contribution < -0.4 is 5.32 Å². The Morgan fingerprint density at radius 1 is 1.00 bits per heavy atom. The van der Waals surface area contributed by atoms with Gasteiger partial charge in [-0.3, -0.25) is 19.3 Å². The van der Waals surface area contributed by atoms with Gasteiger partial charge < -0.3 is 29.2 Å². The highest BCUT2D eigenvalue weighted by molar-refractivity contribution is 6.14. The molecule has 0 spiro atoms. The van der Waals surface area contributed by atoms with Crippen LogP contribution in [-0.4, -0.2) is 106 Å². The first-order valence-electron chi connectivity index (χ1n) is 15.1. The monoisotopic (exact) mass is 605 g/mol. The van der Waals surface area contributed by atoms with Crippen LogP contribution in [0.25, 0.3) is 0 Å². The Balaban J connectivity index is 1.32. The van der Waals surface area contributed by atoms with Crippen molar-refractivity contribution in [2.24, 2.45) is 0 Å². The minimum atomic E-state index is -1.76. The fourth-order valence-electron chi connectivity index (χ4n) is 5.11. The highest BCUT2D eigenvalue weighted by Crippen LogP contribution is 2.21. The molecule has 2 amide bonds. The molecule has 2 aliphatic rings. The van der Waals surface area contributed by atoms with Gasteiger partial charge in [-0.15, -0.1) is 0 Å². The molecule has 2 saturated heterocycles. The average Bonchev–Trinajstić information content (AvgIpc) is 3.04. The number of ether oxygens (including phenoxy) is 4. The van der Waals surface area contributed by atoms with Crippen molar-refractivity contribution >= 4 is 17.6 Å². The van der Waals surface area contributed by atoms with E-state index in [0.29, 0.717) is 31.8 Å². The number of carbonyl (C=O) groups is 3. The number of nitrogens with one attached hydrogen (secondary N) is 1. The van der Waals surface area contributed by atoms with Gasteiger partial charge in [-0.2, -0.15) is 0 Å². The van der Waals surface area contributed by atoms with Crippen molar-refractivity contribution in [3.8, 4) is 11.8 Å². The van der Waals surface area contributed by atoms with E-state index in [0.717, 1.165) is 48.5 Å². The molecule has 44 heavy (non-hydrogen) atoms. The minimum absolute atomic E-state index is 0.279. The first-order chi connectivity index (χ1) is 21.2. The molecule has 0 aromatic heterocycles. The van der Waals surface area contributed by atoms with Crippen molar-refractivity contribution in [1.29, 1.82) is 0 Å². The molecule has 2 atom stereocenters. The van der Waals surface area contributed by atoms with E-state index in [2.05, 4.69) is 34.2 Å². The molecule has 1 unspecified atom stereocenters. The fraction of sp³-hybridized carbons (Fsp3) is 0.500. The number of nitrogens with zero attached hydrogens (tertiary/aromatic N) is 2. The van der Waals surface area contributed by atoms with Crippen LogP contribution in [0.3, 0.4) is 0 Å². The van der Waals surface area contributed by atoms with Gasteiger partial charge in [-0.25, -0.2) is 0 Å². The molecule has 0 radical (unpaired) electrons. The number of hydrogen-bond donors (Lipinski definition) is 1. The molecule has 4 rings (SSSR count). The molecule has 2 fully saturated rings. The van der Waals surface area contributed by atoms with Gasteiger partial charge in [0.05, 0.1) is 19.3 Å². The van der Waals surface area contributed by atoms with Crippen molar-refractivity contribution in [1.82, 2.24) is 15.1 Å². The Kier molecular flexibility index (Phi) is 12.1. The summed E-state index contributed by atoms with van der Waals surface area (Å²) in [6, 6.07) is 15.0. The Hall–Kier alpha value is -3.59. The number of benzene rings is 2. The Morgan fingerprint density at radius 2 is 1.66 bits per heavy atom. The summed E-state index contributed by atoms with van der Waals surface area (Å²) in [5.74, 6) is 4.70. The van der Waals surface area contributed by atoms with Crippen LogP contribution in [0.2, 0.25) is 0 Å². The van der Waals surface area contributed by atoms with Crippen molar-refractivity contribution in [3.05, 3.63) is 70.8 Å². The Bertz CT molecular complexity index is 1320. The molecular weight excluding hydrogens is 562 g/mol. The Morgan fingerprint density at radius 3 is 2.25 bits per heavy atom. The second kappa shape index (κ2) is 15.9. The second-order valence-corrected chi connectivity index (χ2v) is 11.2. The predicted octanol–water partition coefficient (Wildman–Crippen LogP) is 2.62. The van der Waals surface area contributed by atoms with Gasteiger partial charge in [0.15, 0.2) is 17.6 Å². The summed E-state index contributed by atoms with van der Waals surface area (Å²) in [7, 11) is 4.55. The van der Waals surface area contributed by atoms with Crippen molar-refractivity contribution in [2.45, 2.75) is 50.7 Å². The van der Waals surface area contributed by atoms with Crippen LogP contribution in [-0.2, 0) is 35.1 Å². The number of methoxy groups -OCH3 is 1. The molecule has 2 heterocycles. The van der Waals surface area contributed by atoms with E-state index in [1.807, 2.05) is 12.1 Å². The van der Waals surface area contributed by atoms with E-state index in [9.17, 15) is 14.4 Å². The van der Waals surface area contributed by atoms with E-state index >= 15 is 0 Å². The zero-order chi connectivity index (χ0) is 31.5. The van der Waals surface area contributed by atoms with E-state index in [1.165, 1.54) is 26.6 Å². The number of carbonyl (C=O) groups excluding carboxylic acids is 3. The molecule has 10 nitrogen and oxygen atoms in total. The number of Topliss-reactive ketones (excluding diaryl/α,β-unsaturated/α-hetero) is 1. The van der Waals surface area contributed by atoms with E-state index in [4.69, 9.17) is 18.9 Å². The third-order valence-electron chi connectivity index (χ3n) is 8.13. The smallest absolute Gasteiger partial charge is 0.254 e. The van der Waals surface area contributed by atoms with Gasteiger partial charge in [-0.1, -0.05) is 24.0 Å². The molecule has 0 bridgehead atoms. The van der Waals surface area contributed by atoms with Gasteiger partial charge in [0, 0.05) is 64.1 Å². The molecule has 0 saturated carbocycles. The maximum absolute atomic E-state index is 13.4. The van der Waals surface area contributed by atoms with Gasteiger partial charge >= 0.3 is 0 Å². The van der Waals surface area contributed by atoms with Crippen molar-refractivity contribution < 1.29 is 33.3 Å². The number of rotatable bonds is 13. The van der Waals surface area contributed by atoms with Gasteiger partial charge in [0.1, 0.15) is 6.61 Å². The number of amides is 2. The minimum Gasteiger partial charge on any atom is -0.382 e. The van der Waals surface area contributed by atoms with Crippen LogP contribution in [0.15, 0.2) is 48.5 Å². The molecular formula is C34H43N3O7. The van der Waals surface area contributed by atoms with Gasteiger partial charge in [0.25, 0.3) is 11.8 Å². The lowest BCUT2D eigenvalue weighted by atomic mass is 9.92. The zero-order valence-corrected chi connectivity index (χ0v) is 26.1. The van der Waals surface area contributed by atoms with Gasteiger partial charge in [0.2, 0.25) is 0 Å². The molecule has 1 N–H and O–H groups in total. The summed E-state index contributed by atoms with van der Waals surface area (Å²) < 4.78 is 21.9. The first-order valence-corrected chi connectivity index (χ1v) is 15.1. The number of ketones is 1. The van der Waals surface area contributed by atoms with Gasteiger partial charge in [-0.05, 0) is 68.1 Å². The second-order valence-electron chi connectivity index (χ2n) is 11.2. The third-order valence-corrected chi connectivity index (χ3v) is 8.13. The topological polar surface area (TPSA) is 107 Å². The Labute approximate surface area is 260 Å². The lowest BCUT2D eigenvalue weighted by molar-refractivity contribution is -0.174. The van der Waals surface area contributed by atoms with Crippen LogP contribution >= 0.6 is 0 Å². The SMILES string of the molecule is CNC(=O)[C@@](C)(C(=O)COC1CCCCO1)N(C)C(=O)c1ccc(C#Cc2ccc(CN3CC(OCCOC)C3)cc2)cc1. The summed E-state index contributed by atoms with van der Waals surface area (Å²) in [6.45, 7) is 5.62. The maximum Gasteiger partial charge on any atom is 0.254 e. The van der Waals surface area contributed by atoms with Crippen molar-refractivity contribution in [2.75, 3.05) is 60.7 Å². The molecule has 2 aromatic carbocycles. The lowest BCUT2D eigenvalue weighted by Gasteiger charge is -2.38. The number of likely N-dealkylation sites (N-methyl/N-ethyl adjacent to an activating group) is 2. The number of likely N-dealkylation sites (tertiary alicyclic amines) is 1. The van der Waals surface area contributed by atoms with Crippen LogP contribution in [0.5, 0.6) is 0 Å². The zero-order valence-electron chi connectivity index (χ0n) is 26.1. The highest BCUT2D eigenvalue weighted by Gasteiger charge is 2.46. The van der Waals surface area contributed by atoms with Crippen LogP contribution in [0.1, 0.15) is 53.2 Å². The average molecular weight is 606 g/mol. The standard InChI is InChI=1S/C34H43N3O7/c1-34(33(40)35-2,30(38)24-44-31-7-5-6-18-43-31)36(3)32(39)28-16-14-26(15-17-28)9-8-25-10-12-27(13-11-25)21-37-22-29(23-37)42-20-19-41-4/h10-17,29,31H,5-7,18-24H2,1-4H3,(H,35,40)/t31?,34-/m1/s1. The summed E-state index contributed by atoms with van der Waals surface area (Å²) >= 11 is 0. The normalized spacial score (nSPS) is 18.3. The first kappa shape index (κ1) is 33.3. The van der Waals surface area contributed by atoms with Crippen molar-refractivity contribution in [3.63, 3.8) is 0 Å². The largest absolute Gasteiger partial charge is 0.382 e. The van der Waals surface area contributed by atoms with E-state index < -0.39 is 29.4 Å². The highest BCUT2D eigenvalue weighted by atomic mass is 16.7. The molecule has 10 heteroatoms. The predicted molar refractivity (Wildman–Crippen MR) is 165 cm³/mol. The third kappa shape index (κ3) is 8.52. The summed E-state index contributed by atoms with van der Waals surface area (Å²) in [6.07, 6.45) is 2.38. The maximum atomic E-state index is 13.4. The quantitative estimate of drug-likeness (QED) is 0.211. The van der Waals surface area contributed by atoms with Crippen LogP contribution in [0, 0.1) is 11.8 Å². The fourth-order valence-corrected chi connectivity index (χ4v) is 5.11. The molecule has 2 aliphatic heterocycles. The molecule has 0 aliphatic carbocycles. The summed E-state index contributed by atoms with van der Waals surface area (Å²) in [5, 5.41) is 2.51.